The Hall–Kier alpha value is -3.80. The second kappa shape index (κ2) is 14.8. The van der Waals surface area contributed by atoms with Gasteiger partial charge in [0.1, 0.15) is 0 Å². The summed E-state index contributed by atoms with van der Waals surface area (Å²) in [5.74, 6) is -0.317. The molecule has 1 saturated carbocycles. The second-order valence-electron chi connectivity index (χ2n) is 12.9. The van der Waals surface area contributed by atoms with Crippen LogP contribution in [0, 0.1) is 17.8 Å². The van der Waals surface area contributed by atoms with Crippen LogP contribution in [0.3, 0.4) is 0 Å². The quantitative estimate of drug-likeness (QED) is 0.198. The summed E-state index contributed by atoms with van der Waals surface area (Å²) in [4.78, 5) is 25.5. The molecule has 0 bridgehead atoms. The number of benzene rings is 3. The Morgan fingerprint density at radius 1 is 0.854 bits per heavy atom. The van der Waals surface area contributed by atoms with Crippen LogP contribution in [-0.2, 0) is 49.9 Å². The Bertz CT molecular complexity index is 1780. The minimum atomic E-state index is -4.46. The van der Waals surface area contributed by atoms with Gasteiger partial charge in [-0.25, -0.2) is 21.6 Å². The Labute approximate surface area is 283 Å². The van der Waals surface area contributed by atoms with E-state index in [0.717, 1.165) is 19.3 Å². The topological polar surface area (TPSA) is 130 Å². The van der Waals surface area contributed by atoms with E-state index in [0.29, 0.717) is 11.8 Å². The lowest BCUT2D eigenvalue weighted by Crippen LogP contribution is -2.36. The molecule has 48 heavy (non-hydrogen) atoms. The number of hydrogen-bond acceptors (Lipinski definition) is 9. The SMILES string of the molecule is CC(=O)O[C@H](C1=C[C@H](O[C@@H]2C[C@H](C)CC[C@H]2C(C)C)OC1=O)c1ccccc1CC(S(=O)(=O)c1ccccc1)S(=O)(=O)c1ccccc1. The fourth-order valence-corrected chi connectivity index (χ4v) is 11.1. The third-order valence-electron chi connectivity index (χ3n) is 9.17. The van der Waals surface area contributed by atoms with E-state index >= 15 is 0 Å². The Morgan fingerprint density at radius 3 is 1.98 bits per heavy atom. The number of ether oxygens (including phenoxy) is 3. The lowest BCUT2D eigenvalue weighted by molar-refractivity contribution is -0.179. The number of cyclic esters (lactones) is 1. The van der Waals surface area contributed by atoms with Gasteiger partial charge in [0, 0.05) is 18.9 Å². The minimum Gasteiger partial charge on any atom is -0.452 e. The average molecular weight is 695 g/mol. The molecule has 3 aromatic carbocycles. The van der Waals surface area contributed by atoms with E-state index in [4.69, 9.17) is 14.2 Å². The molecule has 5 atom stereocenters. The van der Waals surface area contributed by atoms with E-state index in [1.807, 2.05) is 0 Å². The molecule has 11 heteroatoms. The zero-order valence-electron chi connectivity index (χ0n) is 27.5. The highest BCUT2D eigenvalue weighted by molar-refractivity contribution is 8.09. The number of rotatable bonds is 12. The number of sulfone groups is 2. The first kappa shape index (κ1) is 35.5. The van der Waals surface area contributed by atoms with Crippen molar-refractivity contribution in [2.75, 3.05) is 0 Å². The van der Waals surface area contributed by atoms with Gasteiger partial charge >= 0.3 is 11.9 Å². The maximum atomic E-state index is 14.1. The van der Waals surface area contributed by atoms with Crippen LogP contribution < -0.4 is 0 Å². The summed E-state index contributed by atoms with van der Waals surface area (Å²) in [7, 11) is -8.93. The average Bonchev–Trinajstić information content (AvgIpc) is 3.42. The van der Waals surface area contributed by atoms with Gasteiger partial charge in [0.25, 0.3) is 0 Å². The standard InChI is InChI=1S/C37H42O9S2/c1-24(2)30-20-19-25(3)21-33(30)45-34-23-32(37(39)46-34)36(44-26(4)38)31-18-12-11-13-27(31)22-35(47(40,41)28-14-7-5-8-15-28)48(42,43)29-16-9-6-10-17-29/h5-18,23-25,30,33-36H,19-22H2,1-4H3/t25-,30+,33-,34-,36+/m1/s1. The van der Waals surface area contributed by atoms with Crippen LogP contribution in [0.2, 0.25) is 0 Å². The van der Waals surface area contributed by atoms with E-state index in [-0.39, 0.29) is 38.5 Å². The molecule has 1 heterocycles. The summed E-state index contributed by atoms with van der Waals surface area (Å²) in [5.41, 5.74) is 0.548. The van der Waals surface area contributed by atoms with Crippen molar-refractivity contribution in [2.45, 2.75) is 86.2 Å². The first-order valence-electron chi connectivity index (χ1n) is 16.2. The van der Waals surface area contributed by atoms with E-state index in [9.17, 15) is 26.4 Å². The Balaban J connectivity index is 1.54. The van der Waals surface area contributed by atoms with E-state index in [2.05, 4.69) is 20.8 Å². The molecule has 3 aromatic rings. The zero-order chi connectivity index (χ0) is 34.6. The summed E-state index contributed by atoms with van der Waals surface area (Å²) in [6.45, 7) is 7.67. The lowest BCUT2D eigenvalue weighted by Gasteiger charge is -2.37. The molecule has 0 spiro atoms. The highest BCUT2D eigenvalue weighted by atomic mass is 32.3. The van der Waals surface area contributed by atoms with E-state index in [1.54, 1.807) is 36.4 Å². The molecule has 0 unspecified atom stereocenters. The molecule has 1 aliphatic heterocycles. The van der Waals surface area contributed by atoms with Crippen LogP contribution in [0.15, 0.2) is 106 Å². The summed E-state index contributed by atoms with van der Waals surface area (Å²) in [6.07, 6.45) is 1.51. The molecule has 0 N–H and O–H groups in total. The van der Waals surface area contributed by atoms with E-state index < -0.39 is 55.0 Å². The number of esters is 2. The molecular weight excluding hydrogens is 653 g/mol. The van der Waals surface area contributed by atoms with Gasteiger partial charge in [0.2, 0.25) is 6.29 Å². The molecule has 1 fully saturated rings. The van der Waals surface area contributed by atoms with Gasteiger partial charge in [-0.3, -0.25) is 4.79 Å². The largest absolute Gasteiger partial charge is 0.452 e. The monoisotopic (exact) mass is 694 g/mol. The van der Waals surface area contributed by atoms with Crippen molar-refractivity contribution in [2.24, 2.45) is 17.8 Å². The summed E-state index contributed by atoms with van der Waals surface area (Å²) in [5, 5.41) is 0. The normalized spacial score (nSPS) is 22.3. The first-order chi connectivity index (χ1) is 22.8. The maximum absolute atomic E-state index is 14.1. The number of carbonyl (C=O) groups excluding carboxylic acids is 2. The molecule has 1 aliphatic carbocycles. The van der Waals surface area contributed by atoms with Gasteiger partial charge in [-0.1, -0.05) is 87.9 Å². The third kappa shape index (κ3) is 7.74. The minimum absolute atomic E-state index is 0.0148. The first-order valence-corrected chi connectivity index (χ1v) is 19.3. The molecular formula is C37H42O9S2. The third-order valence-corrected chi connectivity index (χ3v) is 14.3. The molecule has 0 radical (unpaired) electrons. The van der Waals surface area contributed by atoms with Gasteiger partial charge in [0.15, 0.2) is 30.4 Å². The van der Waals surface area contributed by atoms with Crippen molar-refractivity contribution >= 4 is 31.6 Å². The molecule has 2 aliphatic rings. The van der Waals surface area contributed by atoms with Crippen LogP contribution in [0.25, 0.3) is 0 Å². The smallest absolute Gasteiger partial charge is 0.340 e. The Kier molecular flexibility index (Phi) is 10.9. The zero-order valence-corrected chi connectivity index (χ0v) is 29.2. The van der Waals surface area contributed by atoms with Gasteiger partial charge in [-0.15, -0.1) is 0 Å². The summed E-state index contributed by atoms with van der Waals surface area (Å²) >= 11 is 0. The molecule has 5 rings (SSSR count). The van der Waals surface area contributed by atoms with Crippen LogP contribution in [0.1, 0.15) is 64.2 Å². The van der Waals surface area contributed by atoms with Gasteiger partial charge in [0.05, 0.1) is 21.5 Å². The number of hydrogen-bond donors (Lipinski definition) is 0. The Morgan fingerprint density at radius 2 is 1.42 bits per heavy atom. The molecule has 256 valence electrons. The fourth-order valence-electron chi connectivity index (χ4n) is 6.65. The van der Waals surface area contributed by atoms with Crippen LogP contribution >= 0.6 is 0 Å². The lowest BCUT2D eigenvalue weighted by atomic mass is 9.75. The van der Waals surface area contributed by atoms with Crippen molar-refractivity contribution in [3.63, 3.8) is 0 Å². The second-order valence-corrected chi connectivity index (χ2v) is 17.5. The van der Waals surface area contributed by atoms with Crippen molar-refractivity contribution in [3.05, 3.63) is 108 Å². The number of carbonyl (C=O) groups is 2. The van der Waals surface area contributed by atoms with Gasteiger partial charge < -0.3 is 14.2 Å². The molecule has 0 saturated heterocycles. The van der Waals surface area contributed by atoms with Crippen molar-refractivity contribution in [1.29, 1.82) is 0 Å². The maximum Gasteiger partial charge on any atom is 0.340 e. The highest BCUT2D eigenvalue weighted by Crippen LogP contribution is 2.39. The summed E-state index contributed by atoms with van der Waals surface area (Å²) < 4.78 is 72.1. The van der Waals surface area contributed by atoms with Crippen molar-refractivity contribution in [1.82, 2.24) is 0 Å². The molecule has 0 amide bonds. The predicted octanol–water partition coefficient (Wildman–Crippen LogP) is 6.39. The fraction of sp³-hybridized carbons (Fsp3) is 0.405. The van der Waals surface area contributed by atoms with Gasteiger partial charge in [-0.05, 0) is 66.5 Å². The van der Waals surface area contributed by atoms with Gasteiger partial charge in [-0.2, -0.15) is 0 Å². The van der Waals surface area contributed by atoms with Crippen LogP contribution in [-0.4, -0.2) is 45.8 Å². The van der Waals surface area contributed by atoms with Crippen molar-refractivity contribution < 1.29 is 40.6 Å². The molecule has 9 nitrogen and oxygen atoms in total. The predicted molar refractivity (Wildman–Crippen MR) is 180 cm³/mol. The van der Waals surface area contributed by atoms with Crippen LogP contribution in [0.5, 0.6) is 0 Å². The van der Waals surface area contributed by atoms with Crippen LogP contribution in [0.4, 0.5) is 0 Å². The van der Waals surface area contributed by atoms with E-state index in [1.165, 1.54) is 61.5 Å². The highest BCUT2D eigenvalue weighted by Gasteiger charge is 2.43. The molecule has 0 aromatic heterocycles. The summed E-state index contributed by atoms with van der Waals surface area (Å²) in [6, 6.07) is 21.2. The van der Waals surface area contributed by atoms with Crippen molar-refractivity contribution in [3.8, 4) is 0 Å².